The second-order valence-corrected chi connectivity index (χ2v) is 9.47. The molecule has 3 amide bonds. The van der Waals surface area contributed by atoms with E-state index in [1.807, 2.05) is 37.3 Å². The molecular weight excluding hydrogens is 466 g/mol. The first kappa shape index (κ1) is 28.0. The van der Waals surface area contributed by atoms with Crippen LogP contribution in [0.2, 0.25) is 0 Å². The summed E-state index contributed by atoms with van der Waals surface area (Å²) in [5.41, 5.74) is 4.04. The van der Waals surface area contributed by atoms with E-state index in [-0.39, 0.29) is 11.9 Å². The van der Waals surface area contributed by atoms with Crippen molar-refractivity contribution >= 4 is 23.6 Å². The van der Waals surface area contributed by atoms with Gasteiger partial charge in [0.05, 0.1) is 18.7 Å². The summed E-state index contributed by atoms with van der Waals surface area (Å²) in [5, 5.41) is 5.89. The van der Waals surface area contributed by atoms with Crippen LogP contribution in [0, 0.1) is 0 Å². The number of rotatable bonds is 12. The molecule has 0 unspecified atom stereocenters. The molecule has 1 aliphatic rings. The number of ether oxygens (including phenoxy) is 1. The van der Waals surface area contributed by atoms with Crippen LogP contribution in [0.25, 0.3) is 0 Å². The number of urea groups is 1. The predicted octanol–water partition coefficient (Wildman–Crippen LogP) is 6.38. The zero-order valence-electron chi connectivity index (χ0n) is 22.4. The summed E-state index contributed by atoms with van der Waals surface area (Å²) in [6.45, 7) is 6.54. The van der Waals surface area contributed by atoms with Crippen LogP contribution in [-0.2, 0) is 16.0 Å². The van der Waals surface area contributed by atoms with Crippen LogP contribution in [0.1, 0.15) is 86.8 Å². The third kappa shape index (κ3) is 7.21. The van der Waals surface area contributed by atoms with Crippen LogP contribution >= 0.6 is 0 Å². The molecule has 3 rings (SSSR count). The Labute approximate surface area is 220 Å². The van der Waals surface area contributed by atoms with Crippen molar-refractivity contribution in [2.24, 2.45) is 0 Å². The molecule has 1 heterocycles. The van der Waals surface area contributed by atoms with E-state index in [2.05, 4.69) is 17.6 Å². The fraction of sp³-hybridized carbons (Fsp3) is 0.433. The number of carbonyl (C=O) groups excluding carboxylic acids is 3. The van der Waals surface area contributed by atoms with Crippen molar-refractivity contribution in [2.75, 3.05) is 19.0 Å². The number of aryl methyl sites for hydroxylation is 1. The third-order valence-corrected chi connectivity index (χ3v) is 6.75. The van der Waals surface area contributed by atoms with Crippen molar-refractivity contribution in [3.8, 4) is 0 Å². The number of hydrogen-bond donors (Lipinski definition) is 2. The van der Waals surface area contributed by atoms with Crippen molar-refractivity contribution in [1.29, 1.82) is 0 Å². The maximum atomic E-state index is 12.9. The Morgan fingerprint density at radius 2 is 1.73 bits per heavy atom. The van der Waals surface area contributed by atoms with Crippen molar-refractivity contribution in [3.63, 3.8) is 0 Å². The van der Waals surface area contributed by atoms with Crippen molar-refractivity contribution < 1.29 is 19.1 Å². The summed E-state index contributed by atoms with van der Waals surface area (Å²) in [6, 6.07) is 14.0. The number of nitrogens with one attached hydrogen (secondary N) is 2. The summed E-state index contributed by atoms with van der Waals surface area (Å²) in [6.07, 6.45) is 7.61. The number of hydrogen-bond acceptors (Lipinski definition) is 4. The van der Waals surface area contributed by atoms with Crippen LogP contribution in [0.5, 0.6) is 0 Å². The average Bonchev–Trinajstić information content (AvgIpc) is 2.91. The highest BCUT2D eigenvalue weighted by molar-refractivity contribution is 6.04. The van der Waals surface area contributed by atoms with Gasteiger partial charge in [0, 0.05) is 23.5 Å². The molecule has 7 heteroatoms. The van der Waals surface area contributed by atoms with Crippen LogP contribution < -0.4 is 10.6 Å². The number of methoxy groups -OCH3 is 1. The van der Waals surface area contributed by atoms with Gasteiger partial charge in [0.1, 0.15) is 0 Å². The van der Waals surface area contributed by atoms with Gasteiger partial charge in [0.25, 0.3) is 5.91 Å². The normalized spacial score (nSPS) is 15.4. The van der Waals surface area contributed by atoms with E-state index >= 15 is 0 Å². The Balaban J connectivity index is 1.77. The zero-order chi connectivity index (χ0) is 26.8. The molecule has 198 valence electrons. The SMILES string of the molecule is CCCCCCc1ccc(C(=O)Nc2cccc([C@@H]3NC(=O)N(CCCC)C(C)=C3C(=O)OC)c2)cc1. The minimum atomic E-state index is -0.679. The Morgan fingerprint density at radius 3 is 2.41 bits per heavy atom. The maximum Gasteiger partial charge on any atom is 0.337 e. The summed E-state index contributed by atoms with van der Waals surface area (Å²) in [4.78, 5) is 40.1. The highest BCUT2D eigenvalue weighted by Gasteiger charge is 2.36. The lowest BCUT2D eigenvalue weighted by molar-refractivity contribution is -0.136. The highest BCUT2D eigenvalue weighted by Crippen LogP contribution is 2.32. The average molecular weight is 506 g/mol. The number of allylic oxidation sites excluding steroid dienone is 1. The molecule has 0 aliphatic carbocycles. The van der Waals surface area contributed by atoms with Gasteiger partial charge < -0.3 is 15.4 Å². The summed E-state index contributed by atoms with van der Waals surface area (Å²) in [5.74, 6) is -0.707. The Bertz CT molecular complexity index is 1120. The van der Waals surface area contributed by atoms with Crippen LogP contribution in [0.3, 0.4) is 0 Å². The van der Waals surface area contributed by atoms with Gasteiger partial charge in [-0.3, -0.25) is 9.69 Å². The lowest BCUT2D eigenvalue weighted by Gasteiger charge is -2.35. The number of carbonyl (C=O) groups is 3. The summed E-state index contributed by atoms with van der Waals surface area (Å²) in [7, 11) is 1.33. The summed E-state index contributed by atoms with van der Waals surface area (Å²) >= 11 is 0. The molecule has 2 aromatic carbocycles. The lowest BCUT2D eigenvalue weighted by Crippen LogP contribution is -2.48. The van der Waals surface area contributed by atoms with Crippen molar-refractivity contribution in [3.05, 3.63) is 76.5 Å². The maximum absolute atomic E-state index is 12.9. The Kier molecular flexibility index (Phi) is 10.3. The molecule has 0 fully saturated rings. The van der Waals surface area contributed by atoms with Gasteiger partial charge in [-0.2, -0.15) is 0 Å². The molecule has 0 spiro atoms. The third-order valence-electron chi connectivity index (χ3n) is 6.75. The van der Waals surface area contributed by atoms with E-state index in [0.29, 0.717) is 34.6 Å². The second kappa shape index (κ2) is 13.6. The first-order valence-corrected chi connectivity index (χ1v) is 13.3. The molecular formula is C30H39N3O4. The first-order chi connectivity index (χ1) is 17.9. The quantitative estimate of drug-likeness (QED) is 0.259. The largest absolute Gasteiger partial charge is 0.466 e. The number of anilines is 1. The smallest absolute Gasteiger partial charge is 0.337 e. The van der Waals surface area contributed by atoms with Crippen LogP contribution in [0.15, 0.2) is 59.8 Å². The van der Waals surface area contributed by atoms with Gasteiger partial charge in [-0.25, -0.2) is 9.59 Å². The van der Waals surface area contributed by atoms with Crippen molar-refractivity contribution in [1.82, 2.24) is 10.2 Å². The van der Waals surface area contributed by atoms with Gasteiger partial charge >= 0.3 is 12.0 Å². The zero-order valence-corrected chi connectivity index (χ0v) is 22.4. The number of benzene rings is 2. The number of amides is 3. The molecule has 0 saturated carbocycles. The van der Waals surface area contributed by atoms with Crippen molar-refractivity contribution in [2.45, 2.75) is 71.8 Å². The van der Waals surface area contributed by atoms with E-state index in [4.69, 9.17) is 4.74 Å². The van der Waals surface area contributed by atoms with E-state index in [1.54, 1.807) is 30.0 Å². The topological polar surface area (TPSA) is 87.7 Å². The minimum absolute atomic E-state index is 0.215. The molecule has 1 atom stereocenters. The number of unbranched alkanes of at least 4 members (excludes halogenated alkanes) is 4. The molecule has 0 bridgehead atoms. The fourth-order valence-electron chi connectivity index (χ4n) is 4.57. The number of nitrogens with zero attached hydrogens (tertiary/aromatic N) is 1. The molecule has 37 heavy (non-hydrogen) atoms. The molecule has 1 aliphatic heterocycles. The Hall–Kier alpha value is -3.61. The lowest BCUT2D eigenvalue weighted by atomic mass is 9.94. The molecule has 0 saturated heterocycles. The molecule has 0 aromatic heterocycles. The number of esters is 1. The monoisotopic (exact) mass is 505 g/mol. The van der Waals surface area contributed by atoms with Gasteiger partial charge in [-0.15, -0.1) is 0 Å². The first-order valence-electron chi connectivity index (χ1n) is 13.3. The van der Waals surface area contributed by atoms with Gasteiger partial charge in [-0.1, -0.05) is 63.8 Å². The molecule has 0 radical (unpaired) electrons. The molecule has 7 nitrogen and oxygen atoms in total. The van der Waals surface area contributed by atoms with Crippen LogP contribution in [-0.4, -0.2) is 36.5 Å². The predicted molar refractivity (Wildman–Crippen MR) is 146 cm³/mol. The van der Waals surface area contributed by atoms with E-state index in [0.717, 1.165) is 25.7 Å². The Morgan fingerprint density at radius 1 is 1.00 bits per heavy atom. The molecule has 2 aromatic rings. The van der Waals surface area contributed by atoms with Gasteiger partial charge in [0.2, 0.25) is 0 Å². The van der Waals surface area contributed by atoms with E-state index in [1.165, 1.54) is 31.9 Å². The van der Waals surface area contributed by atoms with E-state index < -0.39 is 12.0 Å². The molecule has 2 N–H and O–H groups in total. The standard InChI is InChI=1S/C30H39N3O4/c1-5-7-9-10-12-22-15-17-23(18-16-22)28(34)31-25-14-11-13-24(20-25)27-26(29(35)37-4)21(3)33(19-8-6-2)30(36)32-27/h11,13-18,20,27H,5-10,12,19H2,1-4H3,(H,31,34)(H,32,36)/t27-/m0/s1. The summed E-state index contributed by atoms with van der Waals surface area (Å²) < 4.78 is 5.05. The highest BCUT2D eigenvalue weighted by atomic mass is 16.5. The van der Waals surface area contributed by atoms with Gasteiger partial charge in [0.15, 0.2) is 0 Å². The van der Waals surface area contributed by atoms with Gasteiger partial charge in [-0.05, 0) is 61.6 Å². The van der Waals surface area contributed by atoms with Crippen LogP contribution in [0.4, 0.5) is 10.5 Å². The second-order valence-electron chi connectivity index (χ2n) is 9.47. The minimum Gasteiger partial charge on any atom is -0.466 e. The fourth-order valence-corrected chi connectivity index (χ4v) is 4.57. The van der Waals surface area contributed by atoms with E-state index in [9.17, 15) is 14.4 Å².